The van der Waals surface area contributed by atoms with E-state index in [1.165, 1.54) is 11.0 Å². The number of fused-ring (bicyclic) bond motifs is 4. The Balaban J connectivity index is 1.29. The number of anilines is 1. The highest BCUT2D eigenvalue weighted by Crippen LogP contribution is 2.43. The van der Waals surface area contributed by atoms with Gasteiger partial charge in [-0.2, -0.15) is 9.97 Å². The van der Waals surface area contributed by atoms with E-state index in [9.17, 15) is 14.7 Å². The summed E-state index contributed by atoms with van der Waals surface area (Å²) in [6.45, 7) is 7.87. The molecule has 2 bridgehead atoms. The van der Waals surface area contributed by atoms with Crippen molar-refractivity contribution in [2.75, 3.05) is 37.7 Å². The van der Waals surface area contributed by atoms with Crippen molar-refractivity contribution in [2.45, 2.75) is 52.6 Å². The van der Waals surface area contributed by atoms with E-state index in [2.05, 4.69) is 14.9 Å². The predicted molar refractivity (Wildman–Crippen MR) is 174 cm³/mol. The van der Waals surface area contributed by atoms with E-state index in [-0.39, 0.29) is 42.2 Å². The molecule has 47 heavy (non-hydrogen) atoms. The zero-order valence-corrected chi connectivity index (χ0v) is 27.0. The van der Waals surface area contributed by atoms with Gasteiger partial charge < -0.3 is 24.4 Å². The van der Waals surface area contributed by atoms with Gasteiger partial charge in [0.05, 0.1) is 5.56 Å². The number of amides is 1. The molecule has 3 fully saturated rings. The normalized spacial score (nSPS) is 20.4. The minimum Gasteiger partial charge on any atom is -0.481 e. The lowest BCUT2D eigenvalue weighted by Gasteiger charge is -2.46. The molecule has 2 saturated heterocycles. The maximum absolute atomic E-state index is 16.8. The van der Waals surface area contributed by atoms with Crippen LogP contribution in [0.2, 0.25) is 0 Å². The van der Waals surface area contributed by atoms with Crippen LogP contribution < -0.4 is 9.64 Å². The first-order chi connectivity index (χ1) is 22.3. The number of rotatable bonds is 6. The standard InChI is InChI=1S/C36H38F2N4O5/c1-20-11-23-7-5-6-8-24(23)25(12-20)28-27(37)14-26-30(29(28)38)39-33(40-31(26)41-15-21-9-10-22(13-21)16-41)46-19-36(32(43)44)17-42(18-36)34(45)47-35(2,3)4/h5-8,11-12,14,21-22H,9-10,13,15-19H2,1-4H3,(H,43,44). The molecule has 1 saturated carbocycles. The Kier molecular flexibility index (Phi) is 7.48. The highest BCUT2D eigenvalue weighted by atomic mass is 19.1. The molecule has 0 spiro atoms. The Morgan fingerprint density at radius 2 is 1.72 bits per heavy atom. The highest BCUT2D eigenvalue weighted by Gasteiger charge is 2.53. The number of aromatic nitrogens is 2. The summed E-state index contributed by atoms with van der Waals surface area (Å²) in [4.78, 5) is 37.4. The van der Waals surface area contributed by atoms with Crippen LogP contribution in [-0.4, -0.2) is 70.4 Å². The summed E-state index contributed by atoms with van der Waals surface area (Å²) in [5.74, 6) is -1.41. The van der Waals surface area contributed by atoms with E-state index in [4.69, 9.17) is 9.47 Å². The molecule has 1 aliphatic carbocycles. The molecule has 246 valence electrons. The van der Waals surface area contributed by atoms with Gasteiger partial charge in [0.2, 0.25) is 0 Å². The molecular formula is C36H38F2N4O5. The Morgan fingerprint density at radius 1 is 1.02 bits per heavy atom. The second kappa shape index (κ2) is 11.3. The lowest BCUT2D eigenvalue weighted by atomic mass is 9.81. The first-order valence-electron chi connectivity index (χ1n) is 16.1. The molecule has 7 rings (SSSR count). The van der Waals surface area contributed by atoms with Crippen molar-refractivity contribution < 1.29 is 33.0 Å². The van der Waals surface area contributed by atoms with Crippen LogP contribution in [0.25, 0.3) is 32.8 Å². The second-order valence-corrected chi connectivity index (χ2v) is 14.5. The van der Waals surface area contributed by atoms with E-state index in [0.717, 1.165) is 30.2 Å². The molecule has 3 aromatic carbocycles. The smallest absolute Gasteiger partial charge is 0.410 e. The molecule has 4 aromatic rings. The molecule has 2 unspecified atom stereocenters. The van der Waals surface area contributed by atoms with Gasteiger partial charge in [-0.05, 0) is 86.8 Å². The minimum atomic E-state index is -1.42. The van der Waals surface area contributed by atoms with Crippen molar-refractivity contribution >= 4 is 39.6 Å². The van der Waals surface area contributed by atoms with Crippen molar-refractivity contribution in [3.63, 3.8) is 0 Å². The fourth-order valence-corrected chi connectivity index (χ4v) is 7.39. The van der Waals surface area contributed by atoms with Crippen LogP contribution in [-0.2, 0) is 9.53 Å². The topological polar surface area (TPSA) is 105 Å². The van der Waals surface area contributed by atoms with E-state index in [0.29, 0.717) is 41.7 Å². The number of nitrogens with zero attached hydrogens (tertiary/aromatic N) is 4. The van der Waals surface area contributed by atoms with E-state index in [1.54, 1.807) is 26.8 Å². The Morgan fingerprint density at radius 3 is 2.40 bits per heavy atom. The molecule has 9 nitrogen and oxygen atoms in total. The largest absolute Gasteiger partial charge is 0.481 e. The zero-order valence-electron chi connectivity index (χ0n) is 27.0. The molecule has 0 radical (unpaired) electrons. The molecule has 1 aromatic heterocycles. The molecule has 1 N–H and O–H groups in total. The molecule has 2 aliphatic heterocycles. The number of halogens is 2. The van der Waals surface area contributed by atoms with Crippen molar-refractivity contribution in [1.29, 1.82) is 0 Å². The quantitative estimate of drug-likeness (QED) is 0.240. The van der Waals surface area contributed by atoms with E-state index < -0.39 is 34.7 Å². The van der Waals surface area contributed by atoms with Gasteiger partial charge in [-0.15, -0.1) is 0 Å². The van der Waals surface area contributed by atoms with Crippen LogP contribution in [0.15, 0.2) is 42.5 Å². The summed E-state index contributed by atoms with van der Waals surface area (Å²) in [6.07, 6.45) is 2.69. The number of carbonyl (C=O) groups excluding carboxylic acids is 1. The number of hydrogen-bond acceptors (Lipinski definition) is 7. The first-order valence-corrected chi connectivity index (χ1v) is 16.1. The summed E-state index contributed by atoms with van der Waals surface area (Å²) in [7, 11) is 0. The highest BCUT2D eigenvalue weighted by molar-refractivity contribution is 6.01. The van der Waals surface area contributed by atoms with Crippen molar-refractivity contribution in [1.82, 2.24) is 14.9 Å². The van der Waals surface area contributed by atoms with Gasteiger partial charge in [0.1, 0.15) is 34.8 Å². The van der Waals surface area contributed by atoms with E-state index in [1.807, 2.05) is 37.3 Å². The molecular weight excluding hydrogens is 606 g/mol. The van der Waals surface area contributed by atoms with Gasteiger partial charge in [-0.3, -0.25) is 4.79 Å². The maximum atomic E-state index is 16.8. The number of carboxylic acid groups (broad SMARTS) is 1. The van der Waals surface area contributed by atoms with Gasteiger partial charge in [0.25, 0.3) is 0 Å². The van der Waals surface area contributed by atoms with Crippen LogP contribution in [0.3, 0.4) is 0 Å². The summed E-state index contributed by atoms with van der Waals surface area (Å²) in [6, 6.07) is 12.3. The summed E-state index contributed by atoms with van der Waals surface area (Å²) < 4.78 is 44.3. The Bertz CT molecular complexity index is 1910. The number of carboxylic acids is 1. The Labute approximate surface area is 271 Å². The molecule has 1 amide bonds. The number of hydrogen-bond donors (Lipinski definition) is 1. The minimum absolute atomic E-state index is 0.0988. The number of carbonyl (C=O) groups is 2. The number of benzene rings is 3. The third-order valence-corrected chi connectivity index (χ3v) is 9.59. The van der Waals surface area contributed by atoms with E-state index >= 15 is 8.78 Å². The monoisotopic (exact) mass is 644 g/mol. The van der Waals surface area contributed by atoms with Gasteiger partial charge in [0, 0.05) is 31.6 Å². The fourth-order valence-electron chi connectivity index (χ4n) is 7.39. The molecule has 3 aliphatic rings. The van der Waals surface area contributed by atoms with Crippen molar-refractivity contribution in [3.05, 3.63) is 59.7 Å². The van der Waals surface area contributed by atoms with Crippen LogP contribution in [0.4, 0.5) is 19.4 Å². The number of piperidine rings is 1. The van der Waals surface area contributed by atoms with Crippen LogP contribution in [0.1, 0.15) is 45.6 Å². The molecule has 2 atom stereocenters. The van der Waals surface area contributed by atoms with Gasteiger partial charge in [-0.1, -0.05) is 36.4 Å². The lowest BCUT2D eigenvalue weighted by molar-refractivity contribution is -0.162. The van der Waals surface area contributed by atoms with Crippen LogP contribution >= 0.6 is 0 Å². The van der Waals surface area contributed by atoms with Crippen molar-refractivity contribution in [2.24, 2.45) is 17.3 Å². The van der Waals surface area contributed by atoms with Crippen LogP contribution in [0.5, 0.6) is 6.01 Å². The third-order valence-electron chi connectivity index (χ3n) is 9.59. The fraction of sp³-hybridized carbons (Fsp3) is 0.444. The van der Waals surface area contributed by atoms with Gasteiger partial charge in [-0.25, -0.2) is 13.6 Å². The average Bonchev–Trinajstić information content (AvgIpc) is 3.32. The summed E-state index contributed by atoms with van der Waals surface area (Å²) in [5, 5.41) is 11.9. The number of aryl methyl sites for hydroxylation is 1. The maximum Gasteiger partial charge on any atom is 0.410 e. The second-order valence-electron chi connectivity index (χ2n) is 14.5. The number of ether oxygens (including phenoxy) is 2. The van der Waals surface area contributed by atoms with Crippen molar-refractivity contribution in [3.8, 4) is 17.1 Å². The van der Waals surface area contributed by atoms with Gasteiger partial charge in [0.15, 0.2) is 5.82 Å². The molecule has 11 heteroatoms. The Hall–Kier alpha value is -4.54. The van der Waals surface area contributed by atoms with Gasteiger partial charge >= 0.3 is 18.1 Å². The first kappa shape index (κ1) is 31.1. The van der Waals surface area contributed by atoms with Crippen LogP contribution in [0, 0.1) is 35.8 Å². The number of likely N-dealkylation sites (tertiary alicyclic amines) is 1. The summed E-state index contributed by atoms with van der Waals surface area (Å²) >= 11 is 0. The number of aliphatic carboxylic acids is 1. The summed E-state index contributed by atoms with van der Waals surface area (Å²) in [5.41, 5.74) is -1.18. The average molecular weight is 645 g/mol. The third kappa shape index (κ3) is 5.70. The zero-order chi connectivity index (χ0) is 33.2. The molecule has 3 heterocycles. The predicted octanol–water partition coefficient (Wildman–Crippen LogP) is 6.97. The lowest BCUT2D eigenvalue weighted by Crippen LogP contribution is -2.65. The SMILES string of the molecule is Cc1cc(-c2c(F)cc3c(N4CC5CCC(C5)C4)nc(OCC4(C(=O)O)CN(C(=O)OC(C)(C)C)C4)nc3c2F)c2ccccc2c1.